The van der Waals surface area contributed by atoms with Crippen LogP contribution in [0.2, 0.25) is 0 Å². The van der Waals surface area contributed by atoms with Gasteiger partial charge >= 0.3 is 0 Å². The van der Waals surface area contributed by atoms with Crippen molar-refractivity contribution in [2.45, 2.75) is 33.2 Å². The summed E-state index contributed by atoms with van der Waals surface area (Å²) in [5.74, 6) is 0. The maximum absolute atomic E-state index is 5.81. The van der Waals surface area contributed by atoms with Gasteiger partial charge in [-0.1, -0.05) is 24.3 Å². The third kappa shape index (κ3) is 2.46. The Labute approximate surface area is 109 Å². The smallest absolute Gasteiger partial charge is 0.0674 e. The molecule has 1 aromatic carbocycles. The average Bonchev–Trinajstić information content (AvgIpc) is 2.54. The standard InChI is InChI=1S/C15H21N3/c1-10(16)9-13-5-7-14(8-6-13)15-11(2)17-18(4)12(15)3/h5-8,10H,9,16H2,1-4H3. The lowest BCUT2D eigenvalue weighted by atomic mass is 10.00. The molecule has 96 valence electrons. The summed E-state index contributed by atoms with van der Waals surface area (Å²) >= 11 is 0. The maximum Gasteiger partial charge on any atom is 0.0674 e. The summed E-state index contributed by atoms with van der Waals surface area (Å²) in [5.41, 5.74) is 11.8. The predicted molar refractivity (Wildman–Crippen MR) is 75.5 cm³/mol. The first kappa shape index (κ1) is 12.8. The molecule has 0 radical (unpaired) electrons. The fourth-order valence-corrected chi connectivity index (χ4v) is 2.37. The van der Waals surface area contributed by atoms with Crippen LogP contribution in [-0.2, 0) is 13.5 Å². The zero-order valence-electron chi connectivity index (χ0n) is 11.6. The number of aromatic nitrogens is 2. The van der Waals surface area contributed by atoms with E-state index >= 15 is 0 Å². The number of nitrogens with two attached hydrogens (primary N) is 1. The van der Waals surface area contributed by atoms with E-state index in [4.69, 9.17) is 5.73 Å². The first-order chi connectivity index (χ1) is 8.49. The first-order valence-electron chi connectivity index (χ1n) is 6.34. The van der Waals surface area contributed by atoms with Crippen molar-refractivity contribution in [1.82, 2.24) is 9.78 Å². The maximum atomic E-state index is 5.81. The van der Waals surface area contributed by atoms with Crippen LogP contribution in [0.4, 0.5) is 0 Å². The van der Waals surface area contributed by atoms with E-state index in [0.29, 0.717) is 0 Å². The lowest BCUT2D eigenvalue weighted by molar-refractivity contribution is 0.731. The molecule has 0 aliphatic rings. The zero-order valence-corrected chi connectivity index (χ0v) is 11.6. The second kappa shape index (κ2) is 4.94. The number of hydrogen-bond donors (Lipinski definition) is 1. The van der Waals surface area contributed by atoms with Gasteiger partial charge in [0.1, 0.15) is 0 Å². The Balaban J connectivity index is 2.34. The minimum Gasteiger partial charge on any atom is -0.328 e. The number of nitrogens with zero attached hydrogens (tertiary/aromatic N) is 2. The highest BCUT2D eigenvalue weighted by atomic mass is 15.3. The third-order valence-corrected chi connectivity index (χ3v) is 3.31. The highest BCUT2D eigenvalue weighted by Gasteiger charge is 2.11. The summed E-state index contributed by atoms with van der Waals surface area (Å²) in [7, 11) is 1.98. The Morgan fingerprint density at radius 2 is 1.83 bits per heavy atom. The molecule has 0 bridgehead atoms. The Hall–Kier alpha value is -1.61. The molecule has 1 unspecified atom stereocenters. The molecule has 18 heavy (non-hydrogen) atoms. The molecule has 0 spiro atoms. The van der Waals surface area contributed by atoms with Crippen LogP contribution in [0.5, 0.6) is 0 Å². The van der Waals surface area contributed by atoms with Crippen molar-refractivity contribution in [3.8, 4) is 11.1 Å². The van der Waals surface area contributed by atoms with Crippen molar-refractivity contribution >= 4 is 0 Å². The molecule has 2 aromatic rings. The summed E-state index contributed by atoms with van der Waals surface area (Å²) < 4.78 is 1.93. The SMILES string of the molecule is Cc1nn(C)c(C)c1-c1ccc(CC(C)N)cc1. The fraction of sp³-hybridized carbons (Fsp3) is 0.400. The van der Waals surface area contributed by atoms with Gasteiger partial charge in [-0.05, 0) is 38.3 Å². The number of rotatable bonds is 3. The van der Waals surface area contributed by atoms with Crippen molar-refractivity contribution in [1.29, 1.82) is 0 Å². The van der Waals surface area contributed by atoms with E-state index in [0.717, 1.165) is 12.1 Å². The van der Waals surface area contributed by atoms with Crippen LogP contribution in [0.1, 0.15) is 23.9 Å². The van der Waals surface area contributed by atoms with E-state index in [9.17, 15) is 0 Å². The quantitative estimate of drug-likeness (QED) is 0.900. The van der Waals surface area contributed by atoms with Crippen LogP contribution < -0.4 is 5.73 Å². The molecule has 2 N–H and O–H groups in total. The molecule has 1 aromatic heterocycles. The van der Waals surface area contributed by atoms with Gasteiger partial charge in [0.2, 0.25) is 0 Å². The van der Waals surface area contributed by atoms with Crippen molar-refractivity contribution in [3.05, 3.63) is 41.2 Å². The summed E-state index contributed by atoms with van der Waals surface area (Å²) in [6.45, 7) is 6.19. The molecule has 0 aliphatic heterocycles. The van der Waals surface area contributed by atoms with E-state index in [1.54, 1.807) is 0 Å². The van der Waals surface area contributed by atoms with Gasteiger partial charge in [0.25, 0.3) is 0 Å². The average molecular weight is 243 g/mol. The van der Waals surface area contributed by atoms with Crippen LogP contribution in [0.3, 0.4) is 0 Å². The van der Waals surface area contributed by atoms with Gasteiger partial charge in [-0.25, -0.2) is 0 Å². The molecular formula is C15H21N3. The van der Waals surface area contributed by atoms with Gasteiger partial charge in [-0.2, -0.15) is 5.10 Å². The normalized spacial score (nSPS) is 12.7. The van der Waals surface area contributed by atoms with E-state index in [1.165, 1.54) is 22.4 Å². The molecule has 0 fully saturated rings. The van der Waals surface area contributed by atoms with Crippen LogP contribution in [0, 0.1) is 13.8 Å². The van der Waals surface area contributed by atoms with Crippen molar-refractivity contribution in [2.24, 2.45) is 12.8 Å². The summed E-state index contributed by atoms with van der Waals surface area (Å²) in [5, 5.41) is 4.45. The lowest BCUT2D eigenvalue weighted by Crippen LogP contribution is -2.17. The minimum atomic E-state index is 0.206. The largest absolute Gasteiger partial charge is 0.328 e. The molecule has 2 rings (SSSR count). The Kier molecular flexibility index (Phi) is 3.53. The molecule has 3 heteroatoms. The van der Waals surface area contributed by atoms with E-state index in [-0.39, 0.29) is 6.04 Å². The van der Waals surface area contributed by atoms with E-state index in [1.807, 2.05) is 18.7 Å². The van der Waals surface area contributed by atoms with Crippen LogP contribution in [-0.4, -0.2) is 15.8 Å². The molecular weight excluding hydrogens is 222 g/mol. The molecule has 0 saturated carbocycles. The molecule has 0 aliphatic carbocycles. The number of benzene rings is 1. The monoisotopic (exact) mass is 243 g/mol. The molecule has 0 amide bonds. The topological polar surface area (TPSA) is 43.8 Å². The van der Waals surface area contributed by atoms with Crippen molar-refractivity contribution in [3.63, 3.8) is 0 Å². The summed E-state index contributed by atoms with van der Waals surface area (Å²) in [6, 6.07) is 8.84. The fourth-order valence-electron chi connectivity index (χ4n) is 2.37. The summed E-state index contributed by atoms with van der Waals surface area (Å²) in [6.07, 6.45) is 0.922. The van der Waals surface area contributed by atoms with Gasteiger partial charge < -0.3 is 5.73 Å². The molecule has 3 nitrogen and oxygen atoms in total. The summed E-state index contributed by atoms with van der Waals surface area (Å²) in [4.78, 5) is 0. The third-order valence-electron chi connectivity index (χ3n) is 3.31. The molecule has 1 heterocycles. The van der Waals surface area contributed by atoms with E-state index in [2.05, 4.69) is 43.2 Å². The van der Waals surface area contributed by atoms with Crippen molar-refractivity contribution < 1.29 is 0 Å². The second-order valence-corrected chi connectivity index (χ2v) is 5.05. The highest BCUT2D eigenvalue weighted by Crippen LogP contribution is 2.26. The number of aryl methyl sites for hydroxylation is 2. The van der Waals surface area contributed by atoms with Gasteiger partial charge in [0.15, 0.2) is 0 Å². The Morgan fingerprint density at radius 1 is 1.22 bits per heavy atom. The Bertz CT molecular complexity index is 536. The predicted octanol–water partition coefficient (Wildman–Crippen LogP) is 2.59. The van der Waals surface area contributed by atoms with Gasteiger partial charge in [0.05, 0.1) is 5.69 Å². The van der Waals surface area contributed by atoms with Gasteiger partial charge in [-0.3, -0.25) is 4.68 Å². The van der Waals surface area contributed by atoms with Gasteiger partial charge in [-0.15, -0.1) is 0 Å². The second-order valence-electron chi connectivity index (χ2n) is 5.05. The lowest BCUT2D eigenvalue weighted by Gasteiger charge is -2.07. The zero-order chi connectivity index (χ0) is 13.3. The van der Waals surface area contributed by atoms with Crippen molar-refractivity contribution in [2.75, 3.05) is 0 Å². The molecule has 0 saturated heterocycles. The van der Waals surface area contributed by atoms with Gasteiger partial charge in [0, 0.05) is 24.3 Å². The van der Waals surface area contributed by atoms with E-state index < -0.39 is 0 Å². The first-order valence-corrected chi connectivity index (χ1v) is 6.34. The Morgan fingerprint density at radius 3 is 2.28 bits per heavy atom. The van der Waals surface area contributed by atoms with Crippen LogP contribution in [0.15, 0.2) is 24.3 Å². The van der Waals surface area contributed by atoms with Crippen LogP contribution >= 0.6 is 0 Å². The highest BCUT2D eigenvalue weighted by molar-refractivity contribution is 5.68. The van der Waals surface area contributed by atoms with Crippen LogP contribution in [0.25, 0.3) is 11.1 Å². The number of hydrogen-bond acceptors (Lipinski definition) is 2. The minimum absolute atomic E-state index is 0.206. The molecule has 1 atom stereocenters.